The van der Waals surface area contributed by atoms with E-state index in [0.29, 0.717) is 16.3 Å². The first kappa shape index (κ1) is 22.9. The van der Waals surface area contributed by atoms with E-state index in [-0.39, 0.29) is 12.2 Å². The molecule has 0 saturated carbocycles. The highest BCUT2D eigenvalue weighted by molar-refractivity contribution is 7.93. The van der Waals surface area contributed by atoms with E-state index >= 15 is 0 Å². The third-order valence-electron chi connectivity index (χ3n) is 3.99. The fourth-order valence-electron chi connectivity index (χ4n) is 2.56. The average molecular weight is 441 g/mol. The summed E-state index contributed by atoms with van der Waals surface area (Å²) >= 11 is 6.14. The van der Waals surface area contributed by atoms with Crippen LogP contribution in [0, 0.1) is 5.82 Å². The molecule has 2 aromatic carbocycles. The third-order valence-corrected chi connectivity index (χ3v) is 4.99. The molecule has 0 aliphatic rings. The van der Waals surface area contributed by atoms with Gasteiger partial charge in [0, 0.05) is 28.4 Å². The Hall–Kier alpha value is -2.42. The van der Waals surface area contributed by atoms with Crippen molar-refractivity contribution in [1.82, 2.24) is 5.32 Å². The van der Waals surface area contributed by atoms with Gasteiger partial charge in [0.05, 0.1) is 18.2 Å². The predicted molar refractivity (Wildman–Crippen MR) is 112 cm³/mol. The van der Waals surface area contributed by atoms with Gasteiger partial charge in [-0.05, 0) is 36.8 Å². The van der Waals surface area contributed by atoms with E-state index < -0.39 is 33.6 Å². The van der Waals surface area contributed by atoms with E-state index in [0.717, 1.165) is 17.7 Å². The SMILES string of the molecule is C[C@H](/C=C/S(C)(=O)=O)NC(=O)c1ccc(N[C@@H](CO)c2ccccc2Cl)cc1F. The molecule has 1 amide bonds. The van der Waals surface area contributed by atoms with Crippen molar-refractivity contribution >= 4 is 33.0 Å². The summed E-state index contributed by atoms with van der Waals surface area (Å²) in [6.45, 7) is 1.31. The highest BCUT2D eigenvalue weighted by atomic mass is 35.5. The lowest BCUT2D eigenvalue weighted by atomic mass is 10.1. The number of benzene rings is 2. The van der Waals surface area contributed by atoms with Gasteiger partial charge in [-0.1, -0.05) is 35.9 Å². The number of sulfone groups is 1. The molecule has 0 bridgehead atoms. The van der Waals surface area contributed by atoms with Crippen molar-refractivity contribution in [2.24, 2.45) is 0 Å². The number of amides is 1. The molecule has 0 fully saturated rings. The molecular weight excluding hydrogens is 419 g/mol. The number of aliphatic hydroxyl groups excluding tert-OH is 1. The number of carbonyl (C=O) groups excluding carboxylic acids is 1. The Kier molecular flexibility index (Phi) is 7.78. The lowest BCUT2D eigenvalue weighted by molar-refractivity contribution is 0.0943. The van der Waals surface area contributed by atoms with E-state index in [2.05, 4.69) is 10.6 Å². The normalized spacial score (nSPS) is 13.8. The van der Waals surface area contributed by atoms with Crippen molar-refractivity contribution in [1.29, 1.82) is 0 Å². The van der Waals surface area contributed by atoms with Crippen LogP contribution >= 0.6 is 11.6 Å². The lowest BCUT2D eigenvalue weighted by Crippen LogP contribution is -2.31. The van der Waals surface area contributed by atoms with Crippen molar-refractivity contribution in [3.8, 4) is 0 Å². The fourth-order valence-corrected chi connectivity index (χ4v) is 3.35. The number of aliphatic hydroxyl groups is 1. The molecule has 0 heterocycles. The zero-order valence-corrected chi connectivity index (χ0v) is 17.5. The van der Waals surface area contributed by atoms with Crippen molar-refractivity contribution < 1.29 is 22.7 Å². The summed E-state index contributed by atoms with van der Waals surface area (Å²) in [6.07, 6.45) is 2.34. The average Bonchev–Trinajstić information content (AvgIpc) is 2.64. The molecule has 0 aromatic heterocycles. The number of carbonyl (C=O) groups is 1. The monoisotopic (exact) mass is 440 g/mol. The molecule has 0 aliphatic heterocycles. The molecule has 2 atom stereocenters. The van der Waals surface area contributed by atoms with Crippen LogP contribution in [0.5, 0.6) is 0 Å². The summed E-state index contributed by atoms with van der Waals surface area (Å²) < 4.78 is 36.7. The van der Waals surface area contributed by atoms with Crippen LogP contribution < -0.4 is 10.6 Å². The lowest BCUT2D eigenvalue weighted by Gasteiger charge is -2.19. The molecule has 0 unspecified atom stereocenters. The van der Waals surface area contributed by atoms with E-state index in [1.165, 1.54) is 18.2 Å². The maximum Gasteiger partial charge on any atom is 0.254 e. The van der Waals surface area contributed by atoms with Gasteiger partial charge >= 0.3 is 0 Å². The van der Waals surface area contributed by atoms with Crippen LogP contribution in [-0.4, -0.2) is 38.3 Å². The standard InChI is InChI=1S/C20H22ClFN2O4S/c1-13(9-10-29(2,27)28)23-20(26)16-8-7-14(11-18(16)22)24-19(12-25)15-5-3-4-6-17(15)21/h3-11,13,19,24-25H,12H2,1-2H3,(H,23,26)/b10-9+/t13-,19+/m1/s1. The number of anilines is 1. The summed E-state index contributed by atoms with van der Waals surface area (Å²) in [5.41, 5.74) is 0.835. The highest BCUT2D eigenvalue weighted by Crippen LogP contribution is 2.26. The van der Waals surface area contributed by atoms with Gasteiger partial charge < -0.3 is 15.7 Å². The van der Waals surface area contributed by atoms with Crippen LogP contribution in [0.25, 0.3) is 0 Å². The molecule has 0 saturated heterocycles. The number of hydrogen-bond acceptors (Lipinski definition) is 5. The Morgan fingerprint density at radius 2 is 1.97 bits per heavy atom. The first-order valence-electron chi connectivity index (χ1n) is 8.71. The van der Waals surface area contributed by atoms with Gasteiger partial charge in [-0.25, -0.2) is 12.8 Å². The topological polar surface area (TPSA) is 95.5 Å². The van der Waals surface area contributed by atoms with Gasteiger partial charge in [0.2, 0.25) is 0 Å². The van der Waals surface area contributed by atoms with Gasteiger partial charge in [0.1, 0.15) is 5.82 Å². The molecule has 3 N–H and O–H groups in total. The van der Waals surface area contributed by atoms with Crippen molar-refractivity contribution in [3.63, 3.8) is 0 Å². The van der Waals surface area contributed by atoms with Crippen molar-refractivity contribution in [2.45, 2.75) is 19.0 Å². The van der Waals surface area contributed by atoms with Crippen LogP contribution in [-0.2, 0) is 9.84 Å². The molecular formula is C20H22ClFN2O4S. The van der Waals surface area contributed by atoms with Gasteiger partial charge in [-0.15, -0.1) is 0 Å². The summed E-state index contributed by atoms with van der Waals surface area (Å²) in [4.78, 5) is 12.2. The largest absolute Gasteiger partial charge is 0.394 e. The second kappa shape index (κ2) is 9.87. The van der Waals surface area contributed by atoms with E-state index in [4.69, 9.17) is 11.6 Å². The molecule has 29 heavy (non-hydrogen) atoms. The summed E-state index contributed by atoms with van der Waals surface area (Å²) in [5.74, 6) is -1.44. The minimum Gasteiger partial charge on any atom is -0.394 e. The van der Waals surface area contributed by atoms with Crippen molar-refractivity contribution in [3.05, 3.63) is 75.9 Å². The Morgan fingerprint density at radius 1 is 1.28 bits per heavy atom. The van der Waals surface area contributed by atoms with Gasteiger partial charge in [-0.3, -0.25) is 4.79 Å². The molecule has 0 radical (unpaired) electrons. The Morgan fingerprint density at radius 3 is 2.55 bits per heavy atom. The fraction of sp³-hybridized carbons (Fsp3) is 0.250. The maximum absolute atomic E-state index is 14.5. The van der Waals surface area contributed by atoms with Crippen LogP contribution in [0.3, 0.4) is 0 Å². The minimum atomic E-state index is -3.32. The first-order chi connectivity index (χ1) is 13.6. The molecule has 0 aliphatic carbocycles. The number of nitrogens with one attached hydrogen (secondary N) is 2. The molecule has 2 rings (SSSR count). The Labute approximate surface area is 174 Å². The molecule has 156 valence electrons. The van der Waals surface area contributed by atoms with Crippen molar-refractivity contribution in [2.75, 3.05) is 18.2 Å². The van der Waals surface area contributed by atoms with Gasteiger partial charge in [0.15, 0.2) is 9.84 Å². The van der Waals surface area contributed by atoms with Crippen LogP contribution in [0.2, 0.25) is 5.02 Å². The molecule has 9 heteroatoms. The zero-order valence-electron chi connectivity index (χ0n) is 15.9. The van der Waals surface area contributed by atoms with E-state index in [1.54, 1.807) is 31.2 Å². The third kappa shape index (κ3) is 6.85. The highest BCUT2D eigenvalue weighted by Gasteiger charge is 2.17. The van der Waals surface area contributed by atoms with Gasteiger partial charge in [0.25, 0.3) is 5.91 Å². The smallest absolute Gasteiger partial charge is 0.254 e. The van der Waals surface area contributed by atoms with Gasteiger partial charge in [-0.2, -0.15) is 0 Å². The Bertz CT molecular complexity index is 1010. The second-order valence-corrected chi connectivity index (χ2v) is 8.85. The Balaban J connectivity index is 2.12. The van der Waals surface area contributed by atoms with Crippen LogP contribution in [0.1, 0.15) is 28.9 Å². The van der Waals surface area contributed by atoms with Crippen LogP contribution in [0.15, 0.2) is 53.9 Å². The molecule has 6 nitrogen and oxygen atoms in total. The summed E-state index contributed by atoms with van der Waals surface area (Å²) in [7, 11) is -3.32. The summed E-state index contributed by atoms with van der Waals surface area (Å²) in [6, 6.07) is 9.78. The molecule has 0 spiro atoms. The predicted octanol–water partition coefficient (Wildman–Crippen LogP) is 3.30. The second-order valence-electron chi connectivity index (χ2n) is 6.52. The first-order valence-corrected chi connectivity index (χ1v) is 11.0. The zero-order chi connectivity index (χ0) is 21.6. The quantitative estimate of drug-likeness (QED) is 0.585. The minimum absolute atomic E-state index is 0.187. The number of rotatable bonds is 8. The number of halogens is 2. The maximum atomic E-state index is 14.5. The van der Waals surface area contributed by atoms with E-state index in [1.807, 2.05) is 0 Å². The van der Waals surface area contributed by atoms with E-state index in [9.17, 15) is 22.7 Å². The molecule has 2 aromatic rings. The van der Waals surface area contributed by atoms with Crippen LogP contribution in [0.4, 0.5) is 10.1 Å². The summed E-state index contributed by atoms with van der Waals surface area (Å²) in [5, 5.41) is 16.6. The number of hydrogen-bond donors (Lipinski definition) is 3.